The average Bonchev–Trinajstić information content (AvgIpc) is 2.40. The number of rotatable bonds is 3. The van der Waals surface area contributed by atoms with Gasteiger partial charge in [0.1, 0.15) is 0 Å². The van der Waals surface area contributed by atoms with Crippen LogP contribution in [0.15, 0.2) is 47.6 Å². The van der Waals surface area contributed by atoms with Crippen molar-refractivity contribution in [3.63, 3.8) is 0 Å². The Morgan fingerprint density at radius 2 is 1.78 bits per heavy atom. The summed E-state index contributed by atoms with van der Waals surface area (Å²) in [7, 11) is 0. The summed E-state index contributed by atoms with van der Waals surface area (Å²) < 4.78 is 13.4. The monoisotopic (exact) mass is 282 g/mol. The molecule has 0 saturated carbocycles. The summed E-state index contributed by atoms with van der Waals surface area (Å²) in [4.78, 5) is 0. The molecule has 5 heteroatoms. The quantitative estimate of drug-likeness (QED) is 0.497. The highest BCUT2D eigenvalue weighted by Gasteiger charge is 2.08. The highest BCUT2D eigenvalue weighted by Crippen LogP contribution is 2.25. The number of hydrazone groups is 1. The number of para-hydroxylation sites is 1. The molecule has 0 radical (unpaired) electrons. The molecule has 0 aliphatic rings. The van der Waals surface area contributed by atoms with Crippen LogP contribution in [0.1, 0.15) is 5.56 Å². The van der Waals surface area contributed by atoms with Crippen molar-refractivity contribution in [2.24, 2.45) is 5.10 Å². The fourth-order valence-electron chi connectivity index (χ4n) is 1.33. The molecule has 0 fully saturated rings. The fourth-order valence-corrected chi connectivity index (χ4v) is 1.75. The number of nitrogens with one attached hydrogen (secondary N) is 1. The van der Waals surface area contributed by atoms with E-state index in [9.17, 15) is 4.39 Å². The second-order valence-electron chi connectivity index (χ2n) is 3.50. The number of anilines is 1. The van der Waals surface area contributed by atoms with Crippen LogP contribution in [0.2, 0.25) is 10.0 Å². The van der Waals surface area contributed by atoms with E-state index >= 15 is 0 Å². The van der Waals surface area contributed by atoms with Gasteiger partial charge in [-0.3, -0.25) is 5.43 Å². The minimum Gasteiger partial charge on any atom is -0.279 e. The Labute approximate surface area is 114 Å². The molecule has 0 spiro atoms. The summed E-state index contributed by atoms with van der Waals surface area (Å²) >= 11 is 11.4. The maximum Gasteiger partial charge on any atom is 0.161 e. The van der Waals surface area contributed by atoms with Crippen molar-refractivity contribution in [2.45, 2.75) is 0 Å². The van der Waals surface area contributed by atoms with Gasteiger partial charge < -0.3 is 0 Å². The maximum atomic E-state index is 13.4. The zero-order chi connectivity index (χ0) is 13.0. The Morgan fingerprint density at radius 3 is 2.50 bits per heavy atom. The molecule has 0 atom stereocenters. The molecule has 0 unspecified atom stereocenters. The van der Waals surface area contributed by atoms with Gasteiger partial charge in [0.2, 0.25) is 0 Å². The number of benzene rings is 2. The van der Waals surface area contributed by atoms with Gasteiger partial charge >= 0.3 is 0 Å². The summed E-state index contributed by atoms with van der Waals surface area (Å²) in [5.41, 5.74) is 4.10. The first-order valence-electron chi connectivity index (χ1n) is 5.16. The Balaban J connectivity index is 2.13. The SMILES string of the molecule is Fc1c(Cl)ccc(C=NNc2ccccc2)c1Cl. The summed E-state index contributed by atoms with van der Waals surface area (Å²) in [5, 5.41) is 3.93. The third-order valence-electron chi connectivity index (χ3n) is 2.24. The first-order chi connectivity index (χ1) is 8.68. The van der Waals surface area contributed by atoms with Crippen molar-refractivity contribution < 1.29 is 4.39 Å². The lowest BCUT2D eigenvalue weighted by atomic mass is 10.2. The zero-order valence-corrected chi connectivity index (χ0v) is 10.7. The lowest BCUT2D eigenvalue weighted by molar-refractivity contribution is 0.628. The third-order valence-corrected chi connectivity index (χ3v) is 2.91. The molecular weight excluding hydrogens is 274 g/mol. The smallest absolute Gasteiger partial charge is 0.161 e. The van der Waals surface area contributed by atoms with Gasteiger partial charge in [0, 0.05) is 5.56 Å². The van der Waals surface area contributed by atoms with E-state index in [2.05, 4.69) is 10.5 Å². The van der Waals surface area contributed by atoms with Crippen LogP contribution < -0.4 is 5.43 Å². The predicted octanol–water partition coefficient (Wildman–Crippen LogP) is 4.58. The van der Waals surface area contributed by atoms with Crippen LogP contribution in [0.4, 0.5) is 10.1 Å². The lowest BCUT2D eigenvalue weighted by Gasteiger charge is -2.02. The Kier molecular flexibility index (Phi) is 4.18. The van der Waals surface area contributed by atoms with Gasteiger partial charge in [0.05, 0.1) is 21.9 Å². The molecule has 1 N–H and O–H groups in total. The Morgan fingerprint density at radius 1 is 1.06 bits per heavy atom. The molecule has 0 bridgehead atoms. The molecule has 92 valence electrons. The van der Waals surface area contributed by atoms with Gasteiger partial charge in [-0.05, 0) is 18.2 Å². The highest BCUT2D eigenvalue weighted by molar-refractivity contribution is 6.36. The standard InChI is InChI=1S/C13H9Cl2FN2/c14-11-7-6-9(12(15)13(11)16)8-17-18-10-4-2-1-3-5-10/h1-8,18H. The summed E-state index contributed by atoms with van der Waals surface area (Å²) in [6, 6.07) is 12.4. The summed E-state index contributed by atoms with van der Waals surface area (Å²) in [6.45, 7) is 0. The Hall–Kier alpha value is -1.58. The molecule has 2 aromatic rings. The second-order valence-corrected chi connectivity index (χ2v) is 4.29. The van der Waals surface area contributed by atoms with Crippen LogP contribution in [0.5, 0.6) is 0 Å². The van der Waals surface area contributed by atoms with Gasteiger partial charge in [-0.2, -0.15) is 5.10 Å². The molecule has 2 nitrogen and oxygen atoms in total. The molecule has 0 heterocycles. The minimum absolute atomic E-state index is 0.00633. The first kappa shape index (κ1) is 12.9. The molecule has 0 aromatic heterocycles. The van der Waals surface area contributed by atoms with E-state index in [4.69, 9.17) is 23.2 Å². The minimum atomic E-state index is -0.637. The normalized spacial score (nSPS) is 10.8. The molecule has 18 heavy (non-hydrogen) atoms. The Bertz CT molecular complexity index is 571. The van der Waals surface area contributed by atoms with E-state index < -0.39 is 5.82 Å². The van der Waals surface area contributed by atoms with E-state index in [-0.39, 0.29) is 10.0 Å². The molecular formula is C13H9Cl2FN2. The third kappa shape index (κ3) is 3.00. The first-order valence-corrected chi connectivity index (χ1v) is 5.91. The van der Waals surface area contributed by atoms with Crippen LogP contribution >= 0.6 is 23.2 Å². The molecule has 0 aliphatic heterocycles. The van der Waals surface area contributed by atoms with Gasteiger partial charge in [-0.25, -0.2) is 4.39 Å². The van der Waals surface area contributed by atoms with Crippen molar-refractivity contribution in [3.05, 3.63) is 63.9 Å². The van der Waals surface area contributed by atoms with Gasteiger partial charge in [-0.15, -0.1) is 0 Å². The van der Waals surface area contributed by atoms with Crippen molar-refractivity contribution >= 4 is 35.1 Å². The summed E-state index contributed by atoms with van der Waals surface area (Å²) in [6.07, 6.45) is 1.44. The van der Waals surface area contributed by atoms with Gasteiger partial charge in [0.25, 0.3) is 0 Å². The lowest BCUT2D eigenvalue weighted by Crippen LogP contribution is -1.92. The number of hydrogen-bond acceptors (Lipinski definition) is 2. The average molecular weight is 283 g/mol. The molecule has 0 saturated heterocycles. The summed E-state index contributed by atoms with van der Waals surface area (Å²) in [5.74, 6) is -0.637. The van der Waals surface area contributed by atoms with Crippen LogP contribution in [-0.2, 0) is 0 Å². The van der Waals surface area contributed by atoms with Crippen LogP contribution in [0.3, 0.4) is 0 Å². The maximum absolute atomic E-state index is 13.4. The number of halogens is 3. The predicted molar refractivity (Wildman–Crippen MR) is 74.1 cm³/mol. The van der Waals surface area contributed by atoms with Crippen molar-refractivity contribution in [1.82, 2.24) is 0 Å². The van der Waals surface area contributed by atoms with E-state index in [0.29, 0.717) is 5.56 Å². The molecule has 2 aromatic carbocycles. The van der Waals surface area contributed by atoms with E-state index in [1.807, 2.05) is 30.3 Å². The van der Waals surface area contributed by atoms with Gasteiger partial charge in [-0.1, -0.05) is 47.5 Å². The zero-order valence-electron chi connectivity index (χ0n) is 9.20. The van der Waals surface area contributed by atoms with Crippen molar-refractivity contribution in [3.8, 4) is 0 Å². The van der Waals surface area contributed by atoms with E-state index in [1.54, 1.807) is 6.07 Å². The van der Waals surface area contributed by atoms with E-state index in [1.165, 1.54) is 12.3 Å². The van der Waals surface area contributed by atoms with Crippen LogP contribution in [0, 0.1) is 5.82 Å². The van der Waals surface area contributed by atoms with Gasteiger partial charge in [0.15, 0.2) is 5.82 Å². The van der Waals surface area contributed by atoms with Crippen LogP contribution in [-0.4, -0.2) is 6.21 Å². The van der Waals surface area contributed by atoms with Crippen LogP contribution in [0.25, 0.3) is 0 Å². The van der Waals surface area contributed by atoms with E-state index in [0.717, 1.165) is 5.69 Å². The molecule has 0 amide bonds. The molecule has 2 rings (SSSR count). The number of nitrogens with zero attached hydrogens (tertiary/aromatic N) is 1. The molecule has 0 aliphatic carbocycles. The largest absolute Gasteiger partial charge is 0.279 e. The fraction of sp³-hybridized carbons (Fsp3) is 0. The number of hydrogen-bond donors (Lipinski definition) is 1. The van der Waals surface area contributed by atoms with Crippen molar-refractivity contribution in [2.75, 3.05) is 5.43 Å². The van der Waals surface area contributed by atoms with Crippen molar-refractivity contribution in [1.29, 1.82) is 0 Å². The topological polar surface area (TPSA) is 24.4 Å². The highest BCUT2D eigenvalue weighted by atomic mass is 35.5. The second kappa shape index (κ2) is 5.85.